The lowest BCUT2D eigenvalue weighted by Crippen LogP contribution is -2.34. The summed E-state index contributed by atoms with van der Waals surface area (Å²) in [6.45, 7) is 3.43. The molecule has 33 heavy (non-hydrogen) atoms. The van der Waals surface area contributed by atoms with Crippen molar-refractivity contribution in [2.45, 2.75) is 25.8 Å². The van der Waals surface area contributed by atoms with E-state index in [2.05, 4.69) is 41.6 Å². The molecule has 4 rings (SSSR count). The van der Waals surface area contributed by atoms with Crippen molar-refractivity contribution in [3.63, 3.8) is 0 Å². The van der Waals surface area contributed by atoms with Crippen LogP contribution in [0.1, 0.15) is 23.1 Å². The van der Waals surface area contributed by atoms with Gasteiger partial charge in [0.15, 0.2) is 11.5 Å². The minimum absolute atomic E-state index is 0. The molecule has 8 heteroatoms. The molecule has 0 aliphatic carbocycles. The number of fused-ring (bicyclic) bond motifs is 2. The van der Waals surface area contributed by atoms with E-state index in [0.29, 0.717) is 12.2 Å². The van der Waals surface area contributed by atoms with E-state index >= 15 is 0 Å². The molecule has 3 aromatic rings. The molecular formula is C25H32Cl2N2O3S. The van der Waals surface area contributed by atoms with Crippen LogP contribution in [0.2, 0.25) is 0 Å². The molecule has 0 radical (unpaired) electrons. The second kappa shape index (κ2) is 12.5. The molecule has 1 aromatic heterocycles. The number of halogens is 2. The number of hydrogen-bond donors (Lipinski definition) is 0. The number of methoxy groups -OCH3 is 2. The molecular weight excluding hydrogens is 479 g/mol. The summed E-state index contributed by atoms with van der Waals surface area (Å²) in [4.78, 5) is 17.2. The summed E-state index contributed by atoms with van der Waals surface area (Å²) in [7, 11) is 5.43. The van der Waals surface area contributed by atoms with E-state index in [1.807, 2.05) is 17.0 Å². The Labute approximate surface area is 212 Å². The second-order valence-electron chi connectivity index (χ2n) is 8.13. The average molecular weight is 512 g/mol. The molecule has 1 amide bonds. The molecule has 1 aliphatic heterocycles. The van der Waals surface area contributed by atoms with Gasteiger partial charge in [0.05, 0.1) is 20.6 Å². The van der Waals surface area contributed by atoms with E-state index in [1.54, 1.807) is 25.6 Å². The number of nitrogens with zero attached hydrogens (tertiary/aromatic N) is 2. The molecule has 0 fully saturated rings. The van der Waals surface area contributed by atoms with Gasteiger partial charge in [0.2, 0.25) is 5.91 Å². The fourth-order valence-electron chi connectivity index (χ4n) is 4.31. The highest BCUT2D eigenvalue weighted by Gasteiger charge is 2.22. The summed E-state index contributed by atoms with van der Waals surface area (Å²) in [6, 6.07) is 12.5. The maximum absolute atomic E-state index is 12.9. The van der Waals surface area contributed by atoms with Crippen molar-refractivity contribution < 1.29 is 14.3 Å². The summed E-state index contributed by atoms with van der Waals surface area (Å²) in [5.41, 5.74) is 3.61. The number of thiophene rings is 1. The van der Waals surface area contributed by atoms with E-state index in [9.17, 15) is 4.79 Å². The molecule has 0 N–H and O–H groups in total. The lowest BCUT2D eigenvalue weighted by Gasteiger charge is -2.22. The molecule has 0 unspecified atom stereocenters. The summed E-state index contributed by atoms with van der Waals surface area (Å²) < 4.78 is 12.2. The maximum Gasteiger partial charge on any atom is 0.227 e. The topological polar surface area (TPSA) is 42.0 Å². The number of carbonyl (C=O) groups is 1. The Hall–Kier alpha value is -1.99. The van der Waals surface area contributed by atoms with Crippen LogP contribution in [0.4, 0.5) is 0 Å². The Bertz CT molecular complexity index is 1070. The lowest BCUT2D eigenvalue weighted by atomic mass is 10.0. The number of carbonyl (C=O) groups excluding carboxylic acids is 1. The van der Waals surface area contributed by atoms with Crippen molar-refractivity contribution in [1.82, 2.24) is 9.80 Å². The lowest BCUT2D eigenvalue weighted by molar-refractivity contribution is -0.130. The van der Waals surface area contributed by atoms with E-state index in [-0.39, 0.29) is 30.7 Å². The fourth-order valence-corrected chi connectivity index (χ4v) is 5.26. The molecule has 0 saturated heterocycles. The zero-order valence-electron chi connectivity index (χ0n) is 19.3. The average Bonchev–Trinajstić information content (AvgIpc) is 3.11. The number of benzene rings is 2. The summed E-state index contributed by atoms with van der Waals surface area (Å²) in [5, 5.41) is 3.62. The van der Waals surface area contributed by atoms with Gasteiger partial charge in [-0.05, 0) is 72.1 Å². The summed E-state index contributed by atoms with van der Waals surface area (Å²) in [5.74, 6) is 1.60. The molecule has 0 spiro atoms. The van der Waals surface area contributed by atoms with Crippen molar-refractivity contribution in [2.24, 2.45) is 0 Å². The van der Waals surface area contributed by atoms with Crippen molar-refractivity contribution in [1.29, 1.82) is 0 Å². The third-order valence-electron chi connectivity index (χ3n) is 6.02. The SMILES string of the molecule is COc1cc2c(cc1OC)CC(=O)N(CCCN(C)Cc1csc3ccccc13)CC2.Cl.Cl. The third kappa shape index (κ3) is 6.33. The van der Waals surface area contributed by atoms with Crippen molar-refractivity contribution in [2.75, 3.05) is 40.9 Å². The van der Waals surface area contributed by atoms with Gasteiger partial charge in [-0.15, -0.1) is 36.2 Å². The first-order chi connectivity index (χ1) is 15.1. The van der Waals surface area contributed by atoms with Crippen LogP contribution in [0.25, 0.3) is 10.1 Å². The fraction of sp³-hybridized carbons (Fsp3) is 0.400. The normalized spacial score (nSPS) is 13.2. The zero-order chi connectivity index (χ0) is 21.8. The first-order valence-electron chi connectivity index (χ1n) is 10.7. The van der Waals surface area contributed by atoms with E-state index in [1.165, 1.54) is 21.2 Å². The van der Waals surface area contributed by atoms with Crippen LogP contribution in [0, 0.1) is 0 Å². The van der Waals surface area contributed by atoms with Crippen LogP contribution < -0.4 is 9.47 Å². The number of rotatable bonds is 8. The smallest absolute Gasteiger partial charge is 0.227 e. The minimum atomic E-state index is 0. The summed E-state index contributed by atoms with van der Waals surface area (Å²) in [6.07, 6.45) is 2.23. The van der Waals surface area contributed by atoms with Crippen molar-refractivity contribution in [3.8, 4) is 11.5 Å². The predicted octanol–water partition coefficient (Wildman–Crippen LogP) is 5.21. The van der Waals surface area contributed by atoms with Gasteiger partial charge in [0.25, 0.3) is 0 Å². The highest BCUT2D eigenvalue weighted by atomic mass is 35.5. The first-order valence-corrected chi connectivity index (χ1v) is 11.6. The molecule has 0 bridgehead atoms. The van der Waals surface area contributed by atoms with E-state index < -0.39 is 0 Å². The Morgan fingerprint density at radius 3 is 2.48 bits per heavy atom. The van der Waals surface area contributed by atoms with E-state index in [0.717, 1.165) is 50.3 Å². The maximum atomic E-state index is 12.9. The molecule has 2 heterocycles. The standard InChI is InChI=1S/C25H30N2O3S.2ClH/c1-26(16-20-17-31-24-8-5-4-7-21(20)24)10-6-11-27-12-9-18-13-22(29-2)23(30-3)14-19(18)15-25(27)28;;/h4-5,7-8,13-14,17H,6,9-12,15-16H2,1-3H3;2*1H. The molecule has 1 aliphatic rings. The van der Waals surface area contributed by atoms with Gasteiger partial charge in [-0.25, -0.2) is 0 Å². The van der Waals surface area contributed by atoms with Gasteiger partial charge < -0.3 is 19.3 Å². The minimum Gasteiger partial charge on any atom is -0.493 e. The van der Waals surface area contributed by atoms with Gasteiger partial charge in [-0.3, -0.25) is 4.79 Å². The zero-order valence-corrected chi connectivity index (χ0v) is 21.8. The number of amides is 1. The number of hydrogen-bond acceptors (Lipinski definition) is 5. The van der Waals surface area contributed by atoms with Crippen LogP contribution in [0.5, 0.6) is 11.5 Å². The van der Waals surface area contributed by atoms with Crippen LogP contribution in [0.3, 0.4) is 0 Å². The molecule has 2 aromatic carbocycles. The van der Waals surface area contributed by atoms with E-state index in [4.69, 9.17) is 9.47 Å². The van der Waals surface area contributed by atoms with Gasteiger partial charge in [0, 0.05) is 24.3 Å². The molecule has 180 valence electrons. The second-order valence-corrected chi connectivity index (χ2v) is 9.04. The van der Waals surface area contributed by atoms with Gasteiger partial charge in [-0.1, -0.05) is 18.2 Å². The van der Waals surface area contributed by atoms with Crippen molar-refractivity contribution >= 4 is 52.1 Å². The summed E-state index contributed by atoms with van der Waals surface area (Å²) >= 11 is 1.81. The first kappa shape index (κ1) is 27.3. The number of ether oxygens (including phenoxy) is 2. The Balaban J connectivity index is 0.00000193. The predicted molar refractivity (Wildman–Crippen MR) is 141 cm³/mol. The largest absolute Gasteiger partial charge is 0.493 e. The van der Waals surface area contributed by atoms with Gasteiger partial charge >= 0.3 is 0 Å². The molecule has 0 saturated carbocycles. The highest BCUT2D eigenvalue weighted by molar-refractivity contribution is 7.17. The Kier molecular flexibility index (Phi) is 10.3. The van der Waals surface area contributed by atoms with Crippen molar-refractivity contribution in [3.05, 3.63) is 58.5 Å². The molecule has 5 nitrogen and oxygen atoms in total. The monoisotopic (exact) mass is 510 g/mol. The molecule has 0 atom stereocenters. The Morgan fingerprint density at radius 1 is 1.06 bits per heavy atom. The third-order valence-corrected chi connectivity index (χ3v) is 7.03. The highest BCUT2D eigenvalue weighted by Crippen LogP contribution is 2.32. The van der Waals surface area contributed by atoms with Crippen LogP contribution in [-0.4, -0.2) is 56.6 Å². The van der Waals surface area contributed by atoms with Crippen LogP contribution in [-0.2, 0) is 24.2 Å². The van der Waals surface area contributed by atoms with Gasteiger partial charge in [-0.2, -0.15) is 0 Å². The van der Waals surface area contributed by atoms with Crippen LogP contribution in [0.15, 0.2) is 41.8 Å². The van der Waals surface area contributed by atoms with Crippen LogP contribution >= 0.6 is 36.2 Å². The van der Waals surface area contributed by atoms with Gasteiger partial charge in [0.1, 0.15) is 0 Å². The Morgan fingerprint density at radius 2 is 1.76 bits per heavy atom. The quantitative estimate of drug-likeness (QED) is 0.417.